The summed E-state index contributed by atoms with van der Waals surface area (Å²) in [7, 11) is 3.59. The van der Waals surface area contributed by atoms with Gasteiger partial charge in [-0.05, 0) is 54.3 Å². The van der Waals surface area contributed by atoms with Crippen LogP contribution in [0, 0.1) is 0 Å². The molecule has 2 aromatic carbocycles. The van der Waals surface area contributed by atoms with Crippen LogP contribution in [0.15, 0.2) is 48.5 Å². The Kier molecular flexibility index (Phi) is 7.02. The van der Waals surface area contributed by atoms with Gasteiger partial charge in [0.25, 0.3) is 0 Å². The molecule has 0 radical (unpaired) electrons. The van der Waals surface area contributed by atoms with Crippen LogP contribution in [0.2, 0.25) is 0 Å². The highest BCUT2D eigenvalue weighted by atomic mass is 16.5. The molecule has 0 unspecified atom stereocenters. The summed E-state index contributed by atoms with van der Waals surface area (Å²) in [6, 6.07) is 16.4. The monoisotopic (exact) mass is 396 g/mol. The van der Waals surface area contributed by atoms with Crippen LogP contribution in [0.4, 0.5) is 5.69 Å². The van der Waals surface area contributed by atoms with Gasteiger partial charge in [0, 0.05) is 26.2 Å². The van der Waals surface area contributed by atoms with Crippen LogP contribution >= 0.6 is 0 Å². The van der Waals surface area contributed by atoms with Crippen LogP contribution < -0.4 is 14.4 Å². The van der Waals surface area contributed by atoms with E-state index in [1.807, 2.05) is 24.3 Å². The molecule has 0 aromatic heterocycles. The van der Waals surface area contributed by atoms with Crippen LogP contribution in [0.1, 0.15) is 38.2 Å². The van der Waals surface area contributed by atoms with Gasteiger partial charge in [0.15, 0.2) is 0 Å². The van der Waals surface area contributed by atoms with E-state index in [2.05, 4.69) is 43.0 Å². The fraction of sp³-hybridized carbons (Fsp3) is 0.458. The van der Waals surface area contributed by atoms with E-state index in [0.717, 1.165) is 43.2 Å². The van der Waals surface area contributed by atoms with Gasteiger partial charge in [-0.3, -0.25) is 4.79 Å². The number of carbonyl (C=O) groups is 1. The van der Waals surface area contributed by atoms with E-state index in [9.17, 15) is 4.79 Å². The van der Waals surface area contributed by atoms with Crippen molar-refractivity contribution in [1.29, 1.82) is 0 Å². The molecule has 3 rings (SSSR count). The molecule has 0 N–H and O–H groups in total. The van der Waals surface area contributed by atoms with Crippen molar-refractivity contribution in [1.82, 2.24) is 4.90 Å². The maximum Gasteiger partial charge on any atom is 0.222 e. The molecule has 1 aliphatic heterocycles. The maximum absolute atomic E-state index is 11.9. The first-order valence-electron chi connectivity index (χ1n) is 10.4. The van der Waals surface area contributed by atoms with E-state index in [0.29, 0.717) is 6.42 Å². The van der Waals surface area contributed by atoms with Crippen molar-refractivity contribution in [2.75, 3.05) is 38.7 Å². The lowest BCUT2D eigenvalue weighted by atomic mass is 9.97. The van der Waals surface area contributed by atoms with Gasteiger partial charge in [0.1, 0.15) is 17.6 Å². The lowest BCUT2D eigenvalue weighted by Gasteiger charge is -2.40. The fourth-order valence-electron chi connectivity index (χ4n) is 3.33. The Balaban J connectivity index is 1.46. The molecule has 0 saturated carbocycles. The number of benzene rings is 2. The Morgan fingerprint density at radius 2 is 1.69 bits per heavy atom. The molecule has 5 nitrogen and oxygen atoms in total. The Labute approximate surface area is 174 Å². The zero-order chi connectivity index (χ0) is 20.8. The number of carbonyl (C=O) groups excluding carboxylic acids is 1. The van der Waals surface area contributed by atoms with Gasteiger partial charge in [-0.2, -0.15) is 0 Å². The number of ether oxygens (including phenoxy) is 2. The largest absolute Gasteiger partial charge is 0.494 e. The molecule has 2 aromatic rings. The van der Waals surface area contributed by atoms with Crippen LogP contribution in [0.5, 0.6) is 11.5 Å². The van der Waals surface area contributed by atoms with E-state index in [4.69, 9.17) is 9.47 Å². The van der Waals surface area contributed by atoms with Crippen LogP contribution in [-0.2, 0) is 4.79 Å². The molecule has 1 amide bonds. The zero-order valence-electron chi connectivity index (χ0n) is 17.9. The summed E-state index contributed by atoms with van der Waals surface area (Å²) in [4.78, 5) is 15.8. The van der Waals surface area contributed by atoms with Gasteiger partial charge in [0.05, 0.1) is 19.7 Å². The maximum atomic E-state index is 11.9. The smallest absolute Gasteiger partial charge is 0.222 e. The summed E-state index contributed by atoms with van der Waals surface area (Å²) >= 11 is 0. The SMILES string of the molecule is CCCOc1ccc(N2CC(Oc3ccc([C@H](C)CC(=O)N(C)C)cc3)C2)cc1. The summed E-state index contributed by atoms with van der Waals surface area (Å²) in [5.41, 5.74) is 2.36. The minimum atomic E-state index is 0.150. The highest BCUT2D eigenvalue weighted by molar-refractivity contribution is 5.76. The van der Waals surface area contributed by atoms with Gasteiger partial charge >= 0.3 is 0 Å². The van der Waals surface area contributed by atoms with Crippen molar-refractivity contribution in [2.24, 2.45) is 0 Å². The number of hydrogen-bond donors (Lipinski definition) is 0. The summed E-state index contributed by atoms with van der Waals surface area (Å²) in [6.45, 7) is 6.70. The third kappa shape index (κ3) is 5.66. The van der Waals surface area contributed by atoms with Crippen LogP contribution in [-0.4, -0.2) is 50.7 Å². The predicted molar refractivity (Wildman–Crippen MR) is 117 cm³/mol. The van der Waals surface area contributed by atoms with Crippen LogP contribution in [0.3, 0.4) is 0 Å². The van der Waals surface area contributed by atoms with Gasteiger partial charge in [-0.25, -0.2) is 0 Å². The quantitative estimate of drug-likeness (QED) is 0.633. The van der Waals surface area contributed by atoms with Crippen molar-refractivity contribution < 1.29 is 14.3 Å². The molecular weight excluding hydrogens is 364 g/mol. The van der Waals surface area contributed by atoms with E-state index in [1.165, 1.54) is 5.69 Å². The van der Waals surface area contributed by atoms with Gasteiger partial charge in [-0.1, -0.05) is 26.0 Å². The average Bonchev–Trinajstić information content (AvgIpc) is 2.69. The van der Waals surface area contributed by atoms with E-state index < -0.39 is 0 Å². The molecule has 5 heteroatoms. The molecule has 1 aliphatic rings. The van der Waals surface area contributed by atoms with Crippen molar-refractivity contribution in [3.05, 3.63) is 54.1 Å². The highest BCUT2D eigenvalue weighted by Crippen LogP contribution is 2.27. The Morgan fingerprint density at radius 1 is 1.07 bits per heavy atom. The first-order valence-corrected chi connectivity index (χ1v) is 10.4. The highest BCUT2D eigenvalue weighted by Gasteiger charge is 2.28. The number of amides is 1. The Bertz CT molecular complexity index is 781. The lowest BCUT2D eigenvalue weighted by Crippen LogP contribution is -2.54. The molecule has 0 spiro atoms. The van der Waals surface area contributed by atoms with Crippen molar-refractivity contribution in [2.45, 2.75) is 38.7 Å². The molecule has 29 heavy (non-hydrogen) atoms. The van der Waals surface area contributed by atoms with Gasteiger partial charge in [0.2, 0.25) is 5.91 Å². The zero-order valence-corrected chi connectivity index (χ0v) is 17.9. The van der Waals surface area contributed by atoms with E-state index in [1.54, 1.807) is 19.0 Å². The third-order valence-corrected chi connectivity index (χ3v) is 5.25. The first kappa shape index (κ1) is 21.0. The summed E-state index contributed by atoms with van der Waals surface area (Å²) in [5, 5.41) is 0. The molecule has 1 heterocycles. The standard InChI is InChI=1S/C24H32N2O3/c1-5-14-28-21-12-8-20(9-13-21)26-16-23(17-26)29-22-10-6-19(7-11-22)18(2)15-24(27)25(3)4/h6-13,18,23H,5,14-17H2,1-4H3/t18-/m1/s1. The second kappa shape index (κ2) is 9.68. The summed E-state index contributed by atoms with van der Waals surface area (Å²) < 4.78 is 11.7. The molecule has 1 fully saturated rings. The number of nitrogens with zero attached hydrogens (tertiary/aromatic N) is 2. The van der Waals surface area contributed by atoms with E-state index in [-0.39, 0.29) is 17.9 Å². The lowest BCUT2D eigenvalue weighted by molar-refractivity contribution is -0.129. The van der Waals surface area contributed by atoms with Crippen molar-refractivity contribution in [3.8, 4) is 11.5 Å². The third-order valence-electron chi connectivity index (χ3n) is 5.25. The number of rotatable bonds is 9. The molecule has 156 valence electrons. The topological polar surface area (TPSA) is 42.0 Å². The molecular formula is C24H32N2O3. The van der Waals surface area contributed by atoms with Crippen molar-refractivity contribution in [3.63, 3.8) is 0 Å². The summed E-state index contributed by atoms with van der Waals surface area (Å²) in [5.74, 6) is 2.15. The van der Waals surface area contributed by atoms with Crippen LogP contribution in [0.25, 0.3) is 0 Å². The minimum Gasteiger partial charge on any atom is -0.494 e. The van der Waals surface area contributed by atoms with Gasteiger partial charge < -0.3 is 19.3 Å². The first-order chi connectivity index (χ1) is 14.0. The molecule has 0 bridgehead atoms. The second-order valence-corrected chi connectivity index (χ2v) is 7.95. The van der Waals surface area contributed by atoms with Gasteiger partial charge in [-0.15, -0.1) is 0 Å². The minimum absolute atomic E-state index is 0.150. The number of hydrogen-bond acceptors (Lipinski definition) is 4. The molecule has 0 aliphatic carbocycles. The van der Waals surface area contributed by atoms with Crippen molar-refractivity contribution >= 4 is 11.6 Å². The normalized spacial score (nSPS) is 14.8. The fourth-order valence-corrected chi connectivity index (χ4v) is 3.33. The average molecular weight is 397 g/mol. The number of anilines is 1. The second-order valence-electron chi connectivity index (χ2n) is 7.95. The Hall–Kier alpha value is -2.69. The molecule has 1 saturated heterocycles. The Morgan fingerprint density at radius 3 is 2.28 bits per heavy atom. The van der Waals surface area contributed by atoms with E-state index >= 15 is 0 Å². The predicted octanol–water partition coefficient (Wildman–Crippen LogP) is 4.32. The molecule has 1 atom stereocenters. The summed E-state index contributed by atoms with van der Waals surface area (Å²) in [6.07, 6.45) is 1.73.